The number of anilines is 1. The van der Waals surface area contributed by atoms with Crippen LogP contribution in [-0.4, -0.2) is 18.0 Å². The Balaban J connectivity index is 1.61. The van der Waals surface area contributed by atoms with Crippen LogP contribution in [0.4, 0.5) is 10.1 Å². The van der Waals surface area contributed by atoms with Crippen molar-refractivity contribution in [2.24, 2.45) is 0 Å². The molecule has 0 fully saturated rings. The molecule has 28 heavy (non-hydrogen) atoms. The number of carbonyl (C=O) groups excluding carboxylic acids is 1. The molecule has 0 unspecified atom stereocenters. The van der Waals surface area contributed by atoms with Gasteiger partial charge in [0.15, 0.2) is 5.58 Å². The summed E-state index contributed by atoms with van der Waals surface area (Å²) in [7, 11) is 1.60. The summed E-state index contributed by atoms with van der Waals surface area (Å²) < 4.78 is 25.1. The molecule has 140 valence electrons. The maximum absolute atomic E-state index is 13.3. The number of amides is 1. The van der Waals surface area contributed by atoms with Crippen molar-refractivity contribution in [1.82, 2.24) is 4.98 Å². The molecule has 0 aliphatic carbocycles. The molecule has 1 amide bonds. The zero-order chi connectivity index (χ0) is 19.7. The molecule has 5 nitrogen and oxygen atoms in total. The molecular formula is C21H14BrFN2O3. The molecule has 4 aromatic rings. The largest absolute Gasteiger partial charge is 0.496 e. The number of ether oxygens (including phenoxy) is 1. The van der Waals surface area contributed by atoms with E-state index in [-0.39, 0.29) is 5.56 Å². The maximum atomic E-state index is 13.3. The maximum Gasteiger partial charge on any atom is 0.255 e. The molecule has 0 atom stereocenters. The van der Waals surface area contributed by atoms with Crippen molar-refractivity contribution >= 4 is 38.6 Å². The summed E-state index contributed by atoms with van der Waals surface area (Å²) in [5.74, 6) is 0.297. The van der Waals surface area contributed by atoms with E-state index in [1.165, 1.54) is 18.2 Å². The van der Waals surface area contributed by atoms with Gasteiger partial charge in [0.2, 0.25) is 5.89 Å². The monoisotopic (exact) mass is 440 g/mol. The normalized spacial score (nSPS) is 10.8. The fourth-order valence-electron chi connectivity index (χ4n) is 2.76. The van der Waals surface area contributed by atoms with E-state index < -0.39 is 11.7 Å². The Bertz CT molecular complexity index is 1190. The van der Waals surface area contributed by atoms with Gasteiger partial charge in [-0.2, -0.15) is 0 Å². The highest BCUT2D eigenvalue weighted by Crippen LogP contribution is 2.32. The molecule has 0 bridgehead atoms. The molecule has 7 heteroatoms. The first-order valence-corrected chi connectivity index (χ1v) is 9.14. The molecule has 0 radical (unpaired) electrons. The number of hydrogen-bond acceptors (Lipinski definition) is 4. The number of methoxy groups -OCH3 is 1. The smallest absolute Gasteiger partial charge is 0.255 e. The van der Waals surface area contributed by atoms with Gasteiger partial charge >= 0.3 is 0 Å². The first-order chi connectivity index (χ1) is 13.5. The SMILES string of the molecule is COc1ccc(-c2nc3cc(NC(=O)c4cccc(F)c4)ccc3o2)cc1Br. The number of carbonyl (C=O) groups is 1. The lowest BCUT2D eigenvalue weighted by atomic mass is 10.2. The Morgan fingerprint density at radius 3 is 2.75 bits per heavy atom. The third-order valence-electron chi connectivity index (χ3n) is 4.13. The van der Waals surface area contributed by atoms with Crippen LogP contribution in [0, 0.1) is 5.82 Å². The highest BCUT2D eigenvalue weighted by atomic mass is 79.9. The van der Waals surface area contributed by atoms with Gasteiger partial charge in [-0.1, -0.05) is 6.07 Å². The number of nitrogens with one attached hydrogen (secondary N) is 1. The van der Waals surface area contributed by atoms with E-state index in [9.17, 15) is 9.18 Å². The average Bonchev–Trinajstić information content (AvgIpc) is 3.11. The quantitative estimate of drug-likeness (QED) is 0.444. The molecule has 0 aliphatic heterocycles. The topological polar surface area (TPSA) is 64.4 Å². The zero-order valence-corrected chi connectivity index (χ0v) is 16.3. The summed E-state index contributed by atoms with van der Waals surface area (Å²) in [6.07, 6.45) is 0. The van der Waals surface area contributed by atoms with Crippen LogP contribution in [0.15, 0.2) is 69.6 Å². The molecule has 4 rings (SSSR count). The summed E-state index contributed by atoms with van der Waals surface area (Å²) >= 11 is 3.45. The Kier molecular flexibility index (Phi) is 4.83. The van der Waals surface area contributed by atoms with Gasteiger partial charge in [-0.15, -0.1) is 0 Å². The minimum atomic E-state index is -0.463. The lowest BCUT2D eigenvalue weighted by Crippen LogP contribution is -2.11. The Morgan fingerprint density at radius 1 is 1.14 bits per heavy atom. The van der Waals surface area contributed by atoms with Gasteiger partial charge in [0, 0.05) is 16.8 Å². The number of hydrogen-bond donors (Lipinski definition) is 1. The lowest BCUT2D eigenvalue weighted by molar-refractivity contribution is 0.102. The molecule has 3 aromatic carbocycles. The molecule has 0 aliphatic rings. The van der Waals surface area contributed by atoms with Gasteiger partial charge in [0.1, 0.15) is 17.1 Å². The van der Waals surface area contributed by atoms with Gasteiger partial charge < -0.3 is 14.5 Å². The van der Waals surface area contributed by atoms with Gasteiger partial charge in [-0.05, 0) is 70.5 Å². The molecule has 1 heterocycles. The van der Waals surface area contributed by atoms with E-state index in [0.717, 1.165) is 10.0 Å². The first-order valence-electron chi connectivity index (χ1n) is 8.35. The second-order valence-electron chi connectivity index (χ2n) is 6.02. The van der Waals surface area contributed by atoms with Crippen LogP contribution in [0.5, 0.6) is 5.75 Å². The summed E-state index contributed by atoms with van der Waals surface area (Å²) in [6.45, 7) is 0. The van der Waals surface area contributed by atoms with E-state index in [2.05, 4.69) is 26.2 Å². The predicted molar refractivity (Wildman–Crippen MR) is 108 cm³/mol. The number of oxazole rings is 1. The summed E-state index contributed by atoms with van der Waals surface area (Å²) in [4.78, 5) is 16.8. The van der Waals surface area contributed by atoms with Crippen LogP contribution in [0.2, 0.25) is 0 Å². The van der Waals surface area contributed by atoms with E-state index in [4.69, 9.17) is 9.15 Å². The van der Waals surface area contributed by atoms with E-state index in [1.807, 2.05) is 18.2 Å². The Hall–Kier alpha value is -3.19. The van der Waals surface area contributed by atoms with Crippen molar-refractivity contribution < 1.29 is 18.3 Å². The summed E-state index contributed by atoms with van der Waals surface area (Å²) in [5, 5.41) is 2.74. The third-order valence-corrected chi connectivity index (χ3v) is 4.75. The van der Waals surface area contributed by atoms with Gasteiger partial charge in [-0.25, -0.2) is 9.37 Å². The third kappa shape index (κ3) is 3.61. The van der Waals surface area contributed by atoms with E-state index >= 15 is 0 Å². The molecular weight excluding hydrogens is 427 g/mol. The summed E-state index contributed by atoms with van der Waals surface area (Å²) in [6, 6.07) is 16.2. The van der Waals surface area contributed by atoms with Crippen LogP contribution in [0.3, 0.4) is 0 Å². The number of nitrogens with zero attached hydrogens (tertiary/aromatic N) is 1. The van der Waals surface area contributed by atoms with Crippen LogP contribution in [-0.2, 0) is 0 Å². The molecule has 1 aromatic heterocycles. The predicted octanol–water partition coefficient (Wildman–Crippen LogP) is 5.66. The van der Waals surface area contributed by atoms with E-state index in [1.54, 1.807) is 31.4 Å². The number of halogens is 2. The molecule has 0 saturated carbocycles. The van der Waals surface area contributed by atoms with Crippen LogP contribution in [0.25, 0.3) is 22.6 Å². The minimum Gasteiger partial charge on any atom is -0.496 e. The number of benzene rings is 3. The number of aromatic nitrogens is 1. The fraction of sp³-hybridized carbons (Fsp3) is 0.0476. The zero-order valence-electron chi connectivity index (χ0n) is 14.7. The van der Waals surface area contributed by atoms with Crippen molar-refractivity contribution in [2.45, 2.75) is 0 Å². The van der Waals surface area contributed by atoms with Crippen molar-refractivity contribution in [2.75, 3.05) is 12.4 Å². The van der Waals surface area contributed by atoms with Crippen molar-refractivity contribution in [1.29, 1.82) is 0 Å². The minimum absolute atomic E-state index is 0.240. The second-order valence-corrected chi connectivity index (χ2v) is 6.87. The Morgan fingerprint density at radius 2 is 2.00 bits per heavy atom. The standard InChI is InChI=1S/C21H14BrFN2O3/c1-27-18-7-5-13(10-16(18)22)21-25-17-11-15(6-8-19(17)28-21)24-20(26)12-3-2-4-14(23)9-12/h2-11H,1H3,(H,24,26). The molecule has 0 spiro atoms. The lowest BCUT2D eigenvalue weighted by Gasteiger charge is -2.04. The van der Waals surface area contributed by atoms with E-state index in [0.29, 0.717) is 28.4 Å². The van der Waals surface area contributed by atoms with Crippen LogP contribution >= 0.6 is 15.9 Å². The Labute approximate surface area is 168 Å². The molecule has 0 saturated heterocycles. The van der Waals surface area contributed by atoms with Gasteiger partial charge in [-0.3, -0.25) is 4.79 Å². The first kappa shape index (κ1) is 18.2. The second kappa shape index (κ2) is 7.44. The van der Waals surface area contributed by atoms with Gasteiger partial charge in [0.25, 0.3) is 5.91 Å². The summed E-state index contributed by atoms with van der Waals surface area (Å²) in [5.41, 5.74) is 2.75. The highest BCUT2D eigenvalue weighted by Gasteiger charge is 2.12. The van der Waals surface area contributed by atoms with Crippen molar-refractivity contribution in [3.8, 4) is 17.2 Å². The van der Waals surface area contributed by atoms with Crippen molar-refractivity contribution in [3.05, 3.63) is 76.5 Å². The van der Waals surface area contributed by atoms with Gasteiger partial charge in [0.05, 0.1) is 11.6 Å². The number of fused-ring (bicyclic) bond motifs is 1. The fourth-order valence-corrected chi connectivity index (χ4v) is 3.30. The van der Waals surface area contributed by atoms with Crippen LogP contribution < -0.4 is 10.1 Å². The molecule has 1 N–H and O–H groups in total. The average molecular weight is 441 g/mol. The number of rotatable bonds is 4. The van der Waals surface area contributed by atoms with Crippen molar-refractivity contribution in [3.63, 3.8) is 0 Å². The highest BCUT2D eigenvalue weighted by molar-refractivity contribution is 9.10. The van der Waals surface area contributed by atoms with Crippen LogP contribution in [0.1, 0.15) is 10.4 Å².